The maximum Gasteiger partial charge on any atom is 0.166 e. The number of aromatic nitrogens is 2. The van der Waals surface area contributed by atoms with Crippen molar-refractivity contribution in [3.63, 3.8) is 0 Å². The average molecular weight is 192 g/mol. The molecule has 1 aromatic rings. The largest absolute Gasteiger partial charge is 0.298 e. The second kappa shape index (κ2) is 3.70. The van der Waals surface area contributed by atoms with E-state index in [1.54, 1.807) is 30.2 Å². The molecule has 3 nitrogen and oxygen atoms in total. The second-order valence-corrected chi connectivity index (χ2v) is 3.75. The molecule has 0 radical (unpaired) electrons. The highest BCUT2D eigenvalue weighted by atomic mass is 32.2. The highest BCUT2D eigenvalue weighted by Crippen LogP contribution is 2.36. The number of hydrogen-bond donors (Lipinski definition) is 0. The Morgan fingerprint density at radius 2 is 2.15 bits per heavy atom. The van der Waals surface area contributed by atoms with Gasteiger partial charge in [0, 0.05) is 23.7 Å². The molecular weight excluding hydrogens is 184 g/mol. The van der Waals surface area contributed by atoms with Crippen LogP contribution < -0.4 is 0 Å². The lowest BCUT2D eigenvalue weighted by Crippen LogP contribution is -1.91. The summed E-state index contributed by atoms with van der Waals surface area (Å²) in [7, 11) is 0. The van der Waals surface area contributed by atoms with Gasteiger partial charge in [0.2, 0.25) is 0 Å². The first-order valence-corrected chi connectivity index (χ1v) is 4.99. The Morgan fingerprint density at radius 3 is 2.85 bits per heavy atom. The minimum Gasteiger partial charge on any atom is -0.298 e. The molecule has 1 aromatic heterocycles. The zero-order chi connectivity index (χ0) is 9.10. The molecule has 0 atom stereocenters. The van der Waals surface area contributed by atoms with Crippen molar-refractivity contribution in [2.75, 3.05) is 5.75 Å². The van der Waals surface area contributed by atoms with Gasteiger partial charge in [0.05, 0.1) is 4.91 Å². The molecule has 66 valence electrons. The quantitative estimate of drug-likeness (QED) is 0.666. The Hall–Kier alpha value is -1.16. The van der Waals surface area contributed by atoms with Gasteiger partial charge in [-0.2, -0.15) is 0 Å². The van der Waals surface area contributed by atoms with E-state index in [4.69, 9.17) is 0 Å². The van der Waals surface area contributed by atoms with Gasteiger partial charge in [-0.25, -0.2) is 9.97 Å². The van der Waals surface area contributed by atoms with Crippen LogP contribution in [0.3, 0.4) is 0 Å². The smallest absolute Gasteiger partial charge is 0.166 e. The molecule has 4 heteroatoms. The molecule has 0 aromatic carbocycles. The summed E-state index contributed by atoms with van der Waals surface area (Å²) >= 11 is 1.65. The molecule has 0 bridgehead atoms. The van der Waals surface area contributed by atoms with Crippen molar-refractivity contribution < 1.29 is 4.79 Å². The van der Waals surface area contributed by atoms with Crippen molar-refractivity contribution >= 4 is 23.0 Å². The van der Waals surface area contributed by atoms with Crippen LogP contribution in [0, 0.1) is 0 Å². The lowest BCUT2D eigenvalue weighted by molar-refractivity contribution is -0.104. The van der Waals surface area contributed by atoms with E-state index in [9.17, 15) is 4.79 Å². The molecule has 2 heterocycles. The minimum atomic E-state index is 0.673. The Labute approximate surface area is 80.3 Å². The van der Waals surface area contributed by atoms with E-state index >= 15 is 0 Å². The predicted molar refractivity (Wildman–Crippen MR) is 52.1 cm³/mol. The normalized spacial score (nSPS) is 16.3. The third-order valence-electron chi connectivity index (χ3n) is 1.82. The van der Waals surface area contributed by atoms with Crippen molar-refractivity contribution in [1.29, 1.82) is 0 Å². The highest BCUT2D eigenvalue weighted by Gasteiger charge is 2.17. The SMILES string of the molecule is O=CC1=C(c2ncccn2)SCC1. The van der Waals surface area contributed by atoms with Gasteiger partial charge in [0.1, 0.15) is 6.29 Å². The van der Waals surface area contributed by atoms with E-state index in [2.05, 4.69) is 9.97 Å². The first kappa shape index (κ1) is 8.44. The second-order valence-electron chi connectivity index (χ2n) is 2.64. The molecule has 1 aliphatic heterocycles. The van der Waals surface area contributed by atoms with Crippen LogP contribution in [-0.2, 0) is 4.79 Å². The van der Waals surface area contributed by atoms with Crippen LogP contribution in [-0.4, -0.2) is 22.0 Å². The van der Waals surface area contributed by atoms with Crippen molar-refractivity contribution in [2.45, 2.75) is 6.42 Å². The number of thioether (sulfide) groups is 1. The van der Waals surface area contributed by atoms with Gasteiger partial charge in [-0.1, -0.05) is 0 Å². The van der Waals surface area contributed by atoms with E-state index in [0.717, 1.165) is 28.9 Å². The fourth-order valence-corrected chi connectivity index (χ4v) is 2.30. The van der Waals surface area contributed by atoms with E-state index in [1.165, 1.54) is 0 Å². The van der Waals surface area contributed by atoms with Gasteiger partial charge >= 0.3 is 0 Å². The van der Waals surface area contributed by atoms with Gasteiger partial charge < -0.3 is 0 Å². The van der Waals surface area contributed by atoms with Crippen LogP contribution in [0.2, 0.25) is 0 Å². The van der Waals surface area contributed by atoms with E-state index in [0.29, 0.717) is 5.82 Å². The number of hydrogen-bond acceptors (Lipinski definition) is 4. The zero-order valence-electron chi connectivity index (χ0n) is 6.93. The van der Waals surface area contributed by atoms with Gasteiger partial charge in [-0.3, -0.25) is 4.79 Å². The molecule has 2 rings (SSSR count). The average Bonchev–Trinajstić information content (AvgIpc) is 2.67. The summed E-state index contributed by atoms with van der Waals surface area (Å²) in [6, 6.07) is 1.77. The lowest BCUT2D eigenvalue weighted by Gasteiger charge is -1.98. The summed E-state index contributed by atoms with van der Waals surface area (Å²) < 4.78 is 0. The Kier molecular flexibility index (Phi) is 2.40. The van der Waals surface area contributed by atoms with Gasteiger partial charge in [-0.15, -0.1) is 11.8 Å². The number of rotatable bonds is 2. The summed E-state index contributed by atoms with van der Waals surface area (Å²) in [5, 5.41) is 0. The first-order chi connectivity index (χ1) is 6.42. The number of carbonyl (C=O) groups excluding carboxylic acids is 1. The van der Waals surface area contributed by atoms with Gasteiger partial charge in [-0.05, 0) is 12.5 Å². The summed E-state index contributed by atoms with van der Waals surface area (Å²) in [5.41, 5.74) is 0.830. The fourth-order valence-electron chi connectivity index (χ4n) is 1.21. The molecule has 13 heavy (non-hydrogen) atoms. The third-order valence-corrected chi connectivity index (χ3v) is 2.96. The molecule has 0 aliphatic carbocycles. The molecular formula is C9H8N2OS. The number of allylic oxidation sites excluding steroid dienone is 1. The van der Waals surface area contributed by atoms with Crippen LogP contribution in [0.4, 0.5) is 0 Å². The molecule has 0 saturated carbocycles. The van der Waals surface area contributed by atoms with Crippen LogP contribution >= 0.6 is 11.8 Å². The standard InChI is InChI=1S/C9H8N2OS/c12-6-7-2-5-13-8(7)9-10-3-1-4-11-9/h1,3-4,6H,2,5H2. The van der Waals surface area contributed by atoms with Gasteiger partial charge in [0.15, 0.2) is 5.82 Å². The van der Waals surface area contributed by atoms with Crippen molar-refractivity contribution in [3.8, 4) is 0 Å². The van der Waals surface area contributed by atoms with Crippen LogP contribution in [0.5, 0.6) is 0 Å². The van der Waals surface area contributed by atoms with E-state index in [-0.39, 0.29) is 0 Å². The number of carbonyl (C=O) groups is 1. The maximum absolute atomic E-state index is 10.7. The molecule has 1 aliphatic rings. The fraction of sp³-hybridized carbons (Fsp3) is 0.222. The lowest BCUT2D eigenvalue weighted by atomic mass is 10.2. The van der Waals surface area contributed by atoms with Crippen molar-refractivity contribution in [3.05, 3.63) is 29.9 Å². The third kappa shape index (κ3) is 1.62. The molecule has 0 unspecified atom stereocenters. The highest BCUT2D eigenvalue weighted by molar-refractivity contribution is 8.08. The summed E-state index contributed by atoms with van der Waals surface area (Å²) in [5.74, 6) is 1.63. The van der Waals surface area contributed by atoms with Crippen LogP contribution in [0.25, 0.3) is 4.91 Å². The Bertz CT molecular complexity index is 348. The first-order valence-electron chi connectivity index (χ1n) is 4.00. The molecule has 0 amide bonds. The summed E-state index contributed by atoms with van der Waals surface area (Å²) in [6.07, 6.45) is 5.13. The molecule has 0 spiro atoms. The van der Waals surface area contributed by atoms with Crippen molar-refractivity contribution in [2.24, 2.45) is 0 Å². The summed E-state index contributed by atoms with van der Waals surface area (Å²) in [4.78, 5) is 19.8. The Morgan fingerprint density at radius 1 is 1.38 bits per heavy atom. The van der Waals surface area contributed by atoms with Crippen LogP contribution in [0.15, 0.2) is 24.0 Å². The zero-order valence-corrected chi connectivity index (χ0v) is 7.75. The topological polar surface area (TPSA) is 42.9 Å². The van der Waals surface area contributed by atoms with E-state index < -0.39 is 0 Å². The van der Waals surface area contributed by atoms with Gasteiger partial charge in [0.25, 0.3) is 0 Å². The Balaban J connectivity index is 2.41. The maximum atomic E-state index is 10.7. The predicted octanol–water partition coefficient (Wildman–Crippen LogP) is 1.52. The minimum absolute atomic E-state index is 0.673. The molecule has 0 saturated heterocycles. The molecule has 0 N–H and O–H groups in total. The summed E-state index contributed by atoms with van der Waals surface area (Å²) in [6.45, 7) is 0. The van der Waals surface area contributed by atoms with Crippen molar-refractivity contribution in [1.82, 2.24) is 9.97 Å². The number of nitrogens with zero attached hydrogens (tertiary/aromatic N) is 2. The number of aldehydes is 1. The molecule has 0 fully saturated rings. The monoisotopic (exact) mass is 192 g/mol. The van der Waals surface area contributed by atoms with Crippen LogP contribution in [0.1, 0.15) is 12.2 Å². The van der Waals surface area contributed by atoms with E-state index in [1.807, 2.05) is 0 Å².